The molecule has 0 aliphatic carbocycles. The highest BCUT2D eigenvalue weighted by Crippen LogP contribution is 2.28. The van der Waals surface area contributed by atoms with Gasteiger partial charge in [0.15, 0.2) is 5.78 Å². The van der Waals surface area contributed by atoms with Gasteiger partial charge in [-0.15, -0.1) is 11.6 Å². The summed E-state index contributed by atoms with van der Waals surface area (Å²) >= 11 is 14.0. The van der Waals surface area contributed by atoms with Crippen molar-refractivity contribution in [3.05, 3.63) is 33.0 Å². The predicted octanol–water partition coefficient (Wildman–Crippen LogP) is 3.66. The molecule has 1 rings (SSSR count). The quantitative estimate of drug-likeness (QED) is 0.460. The molecule has 0 unspecified atom stereocenters. The van der Waals surface area contributed by atoms with Crippen LogP contribution in [-0.2, 0) is 0 Å². The molecule has 1 aromatic carbocycles. The molecule has 0 saturated heterocycles. The first-order valence-electron chi connectivity index (χ1n) is 3.30. The lowest BCUT2D eigenvalue weighted by Crippen LogP contribution is -2.02. The van der Waals surface area contributed by atoms with Crippen molar-refractivity contribution >= 4 is 44.9 Å². The van der Waals surface area contributed by atoms with Crippen LogP contribution in [0.2, 0.25) is 5.02 Å². The molecule has 0 saturated carbocycles. The van der Waals surface area contributed by atoms with Gasteiger partial charge in [0.05, 0.1) is 10.9 Å². The van der Waals surface area contributed by atoms with Crippen molar-refractivity contribution in [1.29, 1.82) is 0 Å². The molecule has 0 amide bonds. The highest BCUT2D eigenvalue weighted by atomic mass is 79.9. The molecule has 0 atom stereocenters. The topological polar surface area (TPSA) is 17.1 Å². The van der Waals surface area contributed by atoms with Gasteiger partial charge in [-0.3, -0.25) is 4.79 Å². The molecule has 0 spiro atoms. The molecule has 0 heterocycles. The van der Waals surface area contributed by atoms with E-state index in [1.807, 2.05) is 0 Å². The summed E-state index contributed by atoms with van der Waals surface area (Å²) in [5.74, 6) is -1.12. The van der Waals surface area contributed by atoms with Crippen LogP contribution in [0, 0.1) is 5.82 Å². The molecule has 0 aliphatic rings. The van der Waals surface area contributed by atoms with Crippen molar-refractivity contribution in [2.75, 3.05) is 5.88 Å². The lowest BCUT2D eigenvalue weighted by atomic mass is 10.1. The monoisotopic (exact) mass is 284 g/mol. The molecule has 0 radical (unpaired) electrons. The predicted molar refractivity (Wildman–Crippen MR) is 54.2 cm³/mol. The van der Waals surface area contributed by atoms with E-state index in [0.717, 1.165) is 12.1 Å². The highest BCUT2D eigenvalue weighted by molar-refractivity contribution is 9.10. The molecule has 0 N–H and O–H groups in total. The zero-order valence-corrected chi connectivity index (χ0v) is 9.38. The van der Waals surface area contributed by atoms with E-state index in [4.69, 9.17) is 23.2 Å². The second-order valence-corrected chi connectivity index (χ2v) is 3.77. The molecule has 13 heavy (non-hydrogen) atoms. The Kier molecular flexibility index (Phi) is 3.71. The van der Waals surface area contributed by atoms with Gasteiger partial charge in [-0.05, 0) is 28.1 Å². The molecular weight excluding hydrogens is 282 g/mol. The molecule has 0 aliphatic heterocycles. The summed E-state index contributed by atoms with van der Waals surface area (Å²) in [6.07, 6.45) is 0. The maximum atomic E-state index is 12.8. The summed E-state index contributed by atoms with van der Waals surface area (Å²) in [7, 11) is 0. The van der Waals surface area contributed by atoms with Crippen molar-refractivity contribution in [3.63, 3.8) is 0 Å². The third-order valence-electron chi connectivity index (χ3n) is 1.41. The van der Waals surface area contributed by atoms with E-state index in [9.17, 15) is 9.18 Å². The summed E-state index contributed by atoms with van der Waals surface area (Å²) in [5, 5.41) is 0.161. The van der Waals surface area contributed by atoms with Crippen molar-refractivity contribution in [2.24, 2.45) is 0 Å². The third-order valence-corrected chi connectivity index (χ3v) is 3.04. The first-order chi connectivity index (χ1) is 6.06. The molecule has 1 nitrogen and oxygen atoms in total. The molecule has 0 aromatic heterocycles. The standard InChI is InChI=1S/C8H4BrCl2FO/c9-8-5(7(13)3-10)1-4(12)2-6(8)11/h1-2H,3H2. The largest absolute Gasteiger partial charge is 0.293 e. The Bertz CT molecular complexity index is 354. The average Bonchev–Trinajstić information content (AvgIpc) is 2.10. The second-order valence-electron chi connectivity index (χ2n) is 2.31. The maximum absolute atomic E-state index is 12.8. The molecule has 0 fully saturated rings. The minimum atomic E-state index is -0.554. The molecule has 5 heteroatoms. The molecule has 70 valence electrons. The highest BCUT2D eigenvalue weighted by Gasteiger charge is 2.13. The summed E-state index contributed by atoms with van der Waals surface area (Å²) in [6, 6.07) is 2.22. The Morgan fingerprint density at radius 1 is 1.54 bits per heavy atom. The fourth-order valence-corrected chi connectivity index (χ4v) is 1.63. The summed E-state index contributed by atoms with van der Waals surface area (Å²) in [4.78, 5) is 11.2. The average molecular weight is 286 g/mol. The first-order valence-corrected chi connectivity index (χ1v) is 5.00. The third kappa shape index (κ3) is 2.42. The summed E-state index contributed by atoms with van der Waals surface area (Å²) in [5.41, 5.74) is 0.167. The van der Waals surface area contributed by atoms with E-state index in [-0.39, 0.29) is 22.2 Å². The van der Waals surface area contributed by atoms with Crippen LogP contribution in [0.3, 0.4) is 0 Å². The lowest BCUT2D eigenvalue weighted by molar-refractivity contribution is 0.102. The lowest BCUT2D eigenvalue weighted by Gasteiger charge is -2.03. The smallest absolute Gasteiger partial charge is 0.178 e. The minimum absolute atomic E-state index is 0.161. The summed E-state index contributed by atoms with van der Waals surface area (Å²) in [6.45, 7) is 0. The van der Waals surface area contributed by atoms with Crippen LogP contribution in [-0.4, -0.2) is 11.7 Å². The summed E-state index contributed by atoms with van der Waals surface area (Å²) < 4.78 is 13.2. The second kappa shape index (κ2) is 4.40. The van der Waals surface area contributed by atoms with Gasteiger partial charge in [-0.25, -0.2) is 4.39 Å². The van der Waals surface area contributed by atoms with Crippen LogP contribution in [0.15, 0.2) is 16.6 Å². The van der Waals surface area contributed by atoms with E-state index in [2.05, 4.69) is 15.9 Å². The number of rotatable bonds is 2. The molecule has 0 bridgehead atoms. The van der Waals surface area contributed by atoms with Gasteiger partial charge in [-0.1, -0.05) is 11.6 Å². The van der Waals surface area contributed by atoms with E-state index in [0.29, 0.717) is 4.47 Å². The number of alkyl halides is 1. The van der Waals surface area contributed by atoms with E-state index >= 15 is 0 Å². The zero-order chi connectivity index (χ0) is 10.0. The zero-order valence-electron chi connectivity index (χ0n) is 6.28. The number of halogens is 4. The Labute approximate surface area is 93.0 Å². The van der Waals surface area contributed by atoms with Crippen LogP contribution >= 0.6 is 39.1 Å². The van der Waals surface area contributed by atoms with Gasteiger partial charge in [0, 0.05) is 10.0 Å². The fourth-order valence-electron chi connectivity index (χ4n) is 0.831. The van der Waals surface area contributed by atoms with Crippen LogP contribution in [0.25, 0.3) is 0 Å². The van der Waals surface area contributed by atoms with Crippen LogP contribution in [0.5, 0.6) is 0 Å². The Hall–Kier alpha value is -0.120. The number of Topliss-reactive ketones (excluding diaryl/α,β-unsaturated/α-hetero) is 1. The maximum Gasteiger partial charge on any atom is 0.178 e. The Balaban J connectivity index is 3.28. The van der Waals surface area contributed by atoms with Crippen molar-refractivity contribution in [2.45, 2.75) is 0 Å². The van der Waals surface area contributed by atoms with Crippen LogP contribution < -0.4 is 0 Å². The van der Waals surface area contributed by atoms with Crippen molar-refractivity contribution in [3.8, 4) is 0 Å². The number of carbonyl (C=O) groups excluding carboxylic acids is 1. The first kappa shape index (κ1) is 11.0. The normalized spacial score (nSPS) is 10.2. The molecule has 1 aromatic rings. The van der Waals surface area contributed by atoms with Gasteiger partial charge >= 0.3 is 0 Å². The van der Waals surface area contributed by atoms with Gasteiger partial charge in [-0.2, -0.15) is 0 Å². The van der Waals surface area contributed by atoms with E-state index in [1.165, 1.54) is 0 Å². The number of ketones is 1. The van der Waals surface area contributed by atoms with Gasteiger partial charge in [0.25, 0.3) is 0 Å². The Morgan fingerprint density at radius 3 is 2.69 bits per heavy atom. The van der Waals surface area contributed by atoms with Crippen LogP contribution in [0.4, 0.5) is 4.39 Å². The number of hydrogen-bond donors (Lipinski definition) is 0. The van der Waals surface area contributed by atoms with Crippen molar-refractivity contribution < 1.29 is 9.18 Å². The SMILES string of the molecule is O=C(CCl)c1cc(F)cc(Cl)c1Br. The van der Waals surface area contributed by atoms with Gasteiger partial charge < -0.3 is 0 Å². The molecular formula is C8H4BrCl2FO. The van der Waals surface area contributed by atoms with Crippen LogP contribution in [0.1, 0.15) is 10.4 Å². The minimum Gasteiger partial charge on any atom is -0.293 e. The number of carbonyl (C=O) groups is 1. The Morgan fingerprint density at radius 2 is 2.15 bits per heavy atom. The van der Waals surface area contributed by atoms with E-state index < -0.39 is 5.82 Å². The number of benzene rings is 1. The van der Waals surface area contributed by atoms with Crippen molar-refractivity contribution in [1.82, 2.24) is 0 Å². The van der Waals surface area contributed by atoms with Gasteiger partial charge in [0.1, 0.15) is 5.82 Å². The van der Waals surface area contributed by atoms with E-state index in [1.54, 1.807) is 0 Å². The van der Waals surface area contributed by atoms with Gasteiger partial charge in [0.2, 0.25) is 0 Å². The number of hydrogen-bond acceptors (Lipinski definition) is 1. The fraction of sp³-hybridized carbons (Fsp3) is 0.125.